The molecule has 0 bridgehead atoms. The summed E-state index contributed by atoms with van der Waals surface area (Å²) in [6, 6.07) is 6.52. The second-order valence-corrected chi connectivity index (χ2v) is 8.06. The Morgan fingerprint density at radius 3 is 2.30 bits per heavy atom. The number of piperazine rings is 1. The number of anilines is 1. The minimum absolute atomic E-state index is 0.0876. The SMILES string of the molecule is CC(C)(C)OC(=O)N1CCN(c2cccc(S(N)(=O)=O)c2)CC1. The van der Waals surface area contributed by atoms with Crippen molar-refractivity contribution in [2.75, 3.05) is 31.1 Å². The third-order valence-corrected chi connectivity index (χ3v) is 4.35. The van der Waals surface area contributed by atoms with Crippen molar-refractivity contribution >= 4 is 21.8 Å². The van der Waals surface area contributed by atoms with Crippen LogP contribution in [0.15, 0.2) is 29.2 Å². The summed E-state index contributed by atoms with van der Waals surface area (Å²) in [5.41, 5.74) is 0.262. The molecule has 23 heavy (non-hydrogen) atoms. The summed E-state index contributed by atoms with van der Waals surface area (Å²) < 4.78 is 28.2. The van der Waals surface area contributed by atoms with Crippen LogP contribution in [0, 0.1) is 0 Å². The second kappa shape index (κ2) is 6.37. The maximum atomic E-state index is 12.0. The third kappa shape index (κ3) is 4.84. The Morgan fingerprint density at radius 2 is 1.78 bits per heavy atom. The van der Waals surface area contributed by atoms with Gasteiger partial charge in [-0.1, -0.05) is 6.07 Å². The Balaban J connectivity index is 2.01. The van der Waals surface area contributed by atoms with Crippen molar-refractivity contribution in [2.24, 2.45) is 5.14 Å². The zero-order valence-electron chi connectivity index (χ0n) is 13.7. The van der Waals surface area contributed by atoms with Crippen LogP contribution < -0.4 is 10.0 Å². The maximum Gasteiger partial charge on any atom is 0.410 e. The summed E-state index contributed by atoms with van der Waals surface area (Å²) in [4.78, 5) is 15.8. The van der Waals surface area contributed by atoms with Gasteiger partial charge in [-0.25, -0.2) is 18.4 Å². The van der Waals surface area contributed by atoms with Crippen LogP contribution in [0.4, 0.5) is 10.5 Å². The van der Waals surface area contributed by atoms with Crippen LogP contribution in [-0.2, 0) is 14.8 Å². The molecule has 2 rings (SSSR count). The Kier molecular flexibility index (Phi) is 4.86. The van der Waals surface area contributed by atoms with Crippen LogP contribution in [0.3, 0.4) is 0 Å². The Bertz CT molecular complexity index is 674. The third-order valence-electron chi connectivity index (χ3n) is 3.44. The number of carbonyl (C=O) groups excluding carboxylic acids is 1. The van der Waals surface area contributed by atoms with Crippen molar-refractivity contribution in [3.63, 3.8) is 0 Å². The van der Waals surface area contributed by atoms with E-state index in [-0.39, 0.29) is 11.0 Å². The molecule has 1 aromatic carbocycles. The minimum atomic E-state index is -3.72. The predicted molar refractivity (Wildman–Crippen MR) is 87.8 cm³/mol. The zero-order chi connectivity index (χ0) is 17.3. The summed E-state index contributed by atoms with van der Waals surface area (Å²) in [6.07, 6.45) is -0.324. The summed E-state index contributed by atoms with van der Waals surface area (Å²) in [5, 5.41) is 5.16. The summed E-state index contributed by atoms with van der Waals surface area (Å²) in [7, 11) is -3.72. The van der Waals surface area contributed by atoms with Crippen LogP contribution in [0.25, 0.3) is 0 Å². The van der Waals surface area contributed by atoms with E-state index < -0.39 is 15.6 Å². The van der Waals surface area contributed by atoms with Gasteiger partial charge < -0.3 is 14.5 Å². The molecule has 128 valence electrons. The van der Waals surface area contributed by atoms with Gasteiger partial charge in [-0.05, 0) is 39.0 Å². The van der Waals surface area contributed by atoms with Crippen molar-refractivity contribution in [1.82, 2.24) is 4.90 Å². The van der Waals surface area contributed by atoms with Crippen molar-refractivity contribution in [1.29, 1.82) is 0 Å². The van der Waals surface area contributed by atoms with Gasteiger partial charge in [0.15, 0.2) is 0 Å². The number of sulfonamides is 1. The number of rotatable bonds is 2. The van der Waals surface area contributed by atoms with Crippen LogP contribution in [0.2, 0.25) is 0 Å². The summed E-state index contributed by atoms with van der Waals surface area (Å²) in [5.74, 6) is 0. The van der Waals surface area contributed by atoms with Gasteiger partial charge in [0.25, 0.3) is 0 Å². The first kappa shape index (κ1) is 17.6. The van der Waals surface area contributed by atoms with Gasteiger partial charge >= 0.3 is 6.09 Å². The lowest BCUT2D eigenvalue weighted by atomic mass is 10.2. The van der Waals surface area contributed by atoms with E-state index >= 15 is 0 Å². The number of carbonyl (C=O) groups is 1. The normalized spacial score (nSPS) is 16.3. The van der Waals surface area contributed by atoms with Crippen molar-refractivity contribution in [3.8, 4) is 0 Å². The zero-order valence-corrected chi connectivity index (χ0v) is 14.5. The highest BCUT2D eigenvalue weighted by molar-refractivity contribution is 7.89. The molecular formula is C15H23N3O4S. The Hall–Kier alpha value is -1.80. The van der Waals surface area contributed by atoms with E-state index in [9.17, 15) is 13.2 Å². The maximum absolute atomic E-state index is 12.0. The molecule has 0 spiro atoms. The number of primary sulfonamides is 1. The molecule has 0 unspecified atom stereocenters. The fourth-order valence-corrected chi connectivity index (χ4v) is 2.88. The van der Waals surface area contributed by atoms with Gasteiger partial charge in [0.05, 0.1) is 4.90 Å². The molecule has 1 aliphatic heterocycles. The van der Waals surface area contributed by atoms with Gasteiger partial charge in [-0.2, -0.15) is 0 Å². The van der Waals surface area contributed by atoms with E-state index in [1.165, 1.54) is 6.07 Å². The molecule has 1 heterocycles. The topological polar surface area (TPSA) is 92.9 Å². The molecule has 1 aliphatic rings. The number of amides is 1. The van der Waals surface area contributed by atoms with E-state index in [2.05, 4.69) is 0 Å². The monoisotopic (exact) mass is 341 g/mol. The lowest BCUT2D eigenvalue weighted by molar-refractivity contribution is 0.0240. The van der Waals surface area contributed by atoms with Crippen LogP contribution >= 0.6 is 0 Å². The molecule has 1 amide bonds. The summed E-state index contributed by atoms with van der Waals surface area (Å²) in [6.45, 7) is 7.75. The standard InChI is InChI=1S/C15H23N3O4S/c1-15(2,3)22-14(19)18-9-7-17(8-10-18)12-5-4-6-13(11-12)23(16,20)21/h4-6,11H,7-10H2,1-3H3,(H2,16,20,21). The highest BCUT2D eigenvalue weighted by Gasteiger charge is 2.26. The van der Waals surface area contributed by atoms with Crippen molar-refractivity contribution in [3.05, 3.63) is 24.3 Å². The van der Waals surface area contributed by atoms with Gasteiger partial charge in [0.2, 0.25) is 10.0 Å². The molecular weight excluding hydrogens is 318 g/mol. The highest BCUT2D eigenvalue weighted by atomic mass is 32.2. The lowest BCUT2D eigenvalue weighted by Gasteiger charge is -2.36. The molecule has 0 atom stereocenters. The van der Waals surface area contributed by atoms with Gasteiger partial charge in [-0.15, -0.1) is 0 Å². The second-order valence-electron chi connectivity index (χ2n) is 6.50. The van der Waals surface area contributed by atoms with Crippen LogP contribution in [0.1, 0.15) is 20.8 Å². The number of hydrogen-bond donors (Lipinski definition) is 1. The molecule has 1 fully saturated rings. The first-order valence-corrected chi connectivity index (χ1v) is 8.97. The van der Waals surface area contributed by atoms with Crippen LogP contribution in [-0.4, -0.2) is 51.2 Å². The number of benzene rings is 1. The minimum Gasteiger partial charge on any atom is -0.444 e. The molecule has 0 saturated carbocycles. The van der Waals surface area contributed by atoms with Crippen molar-refractivity contribution in [2.45, 2.75) is 31.3 Å². The molecule has 0 aliphatic carbocycles. The van der Waals surface area contributed by atoms with E-state index in [4.69, 9.17) is 9.88 Å². The molecule has 1 aromatic rings. The number of nitrogens with zero attached hydrogens (tertiary/aromatic N) is 2. The number of ether oxygens (including phenoxy) is 1. The van der Waals surface area contributed by atoms with Crippen molar-refractivity contribution < 1.29 is 17.9 Å². The van der Waals surface area contributed by atoms with Gasteiger partial charge in [0.1, 0.15) is 5.60 Å². The molecule has 0 aromatic heterocycles. The average molecular weight is 341 g/mol. The smallest absolute Gasteiger partial charge is 0.410 e. The summed E-state index contributed by atoms with van der Waals surface area (Å²) >= 11 is 0. The Labute approximate surface area is 137 Å². The van der Waals surface area contributed by atoms with E-state index in [1.807, 2.05) is 31.7 Å². The average Bonchev–Trinajstić information content (AvgIpc) is 2.45. The number of hydrogen-bond acceptors (Lipinski definition) is 5. The van der Waals surface area contributed by atoms with E-state index in [0.717, 1.165) is 5.69 Å². The van der Waals surface area contributed by atoms with E-state index in [0.29, 0.717) is 26.2 Å². The number of nitrogens with two attached hydrogens (primary N) is 1. The Morgan fingerprint density at radius 1 is 1.17 bits per heavy atom. The van der Waals surface area contributed by atoms with Crippen LogP contribution in [0.5, 0.6) is 0 Å². The fraction of sp³-hybridized carbons (Fsp3) is 0.533. The quantitative estimate of drug-likeness (QED) is 0.877. The molecule has 8 heteroatoms. The first-order valence-electron chi connectivity index (χ1n) is 7.42. The van der Waals surface area contributed by atoms with Gasteiger partial charge in [0, 0.05) is 31.9 Å². The largest absolute Gasteiger partial charge is 0.444 e. The molecule has 7 nitrogen and oxygen atoms in total. The fourth-order valence-electron chi connectivity index (χ4n) is 2.33. The lowest BCUT2D eigenvalue weighted by Crippen LogP contribution is -2.50. The molecule has 2 N–H and O–H groups in total. The first-order chi connectivity index (χ1) is 10.6. The molecule has 1 saturated heterocycles. The van der Waals surface area contributed by atoms with E-state index in [1.54, 1.807) is 17.0 Å². The molecule has 0 radical (unpaired) electrons. The highest BCUT2D eigenvalue weighted by Crippen LogP contribution is 2.21. The predicted octanol–water partition coefficient (Wildman–Crippen LogP) is 1.39. The van der Waals surface area contributed by atoms with Gasteiger partial charge in [-0.3, -0.25) is 0 Å².